The van der Waals surface area contributed by atoms with Gasteiger partial charge >= 0.3 is 0 Å². The van der Waals surface area contributed by atoms with E-state index >= 15 is 0 Å². The first-order chi connectivity index (χ1) is 9.72. The molecule has 1 amide bonds. The molecule has 0 spiro atoms. The van der Waals surface area contributed by atoms with Crippen LogP contribution in [-0.2, 0) is 17.6 Å². The largest absolute Gasteiger partial charge is 0.396 e. The number of rotatable bonds is 5. The average Bonchev–Trinajstić information content (AvgIpc) is 2.77. The van der Waals surface area contributed by atoms with E-state index in [0.29, 0.717) is 6.42 Å². The topological polar surface area (TPSA) is 62.2 Å². The van der Waals surface area contributed by atoms with E-state index in [9.17, 15) is 9.90 Å². The fourth-order valence-electron chi connectivity index (χ4n) is 2.81. The minimum absolute atomic E-state index is 0.0308. The first kappa shape index (κ1) is 15.4. The van der Waals surface area contributed by atoms with Gasteiger partial charge in [0.15, 0.2) is 0 Å². The van der Waals surface area contributed by atoms with Crippen LogP contribution in [-0.4, -0.2) is 28.6 Å². The maximum atomic E-state index is 12.1. The monoisotopic (exact) mass is 296 g/mol. The van der Waals surface area contributed by atoms with Crippen LogP contribution in [0.15, 0.2) is 5.38 Å². The van der Waals surface area contributed by atoms with Gasteiger partial charge in [-0.05, 0) is 19.3 Å². The van der Waals surface area contributed by atoms with Crippen LogP contribution in [0, 0.1) is 5.92 Å². The molecule has 0 radical (unpaired) electrons. The molecule has 1 aliphatic rings. The first-order valence-electron chi connectivity index (χ1n) is 7.56. The standard InChI is InChI=1S/C15H24N2O2S/c1-2-15-16-12(10-20-15)8-14(19)17-13-7-5-3-4-6-11(13)9-18/h10-11,13,18H,2-9H2,1H3,(H,17,19). The molecule has 112 valence electrons. The van der Waals surface area contributed by atoms with Gasteiger partial charge in [-0.25, -0.2) is 4.98 Å². The minimum Gasteiger partial charge on any atom is -0.396 e. The summed E-state index contributed by atoms with van der Waals surface area (Å²) in [6.07, 6.45) is 6.76. The lowest BCUT2D eigenvalue weighted by atomic mass is 9.95. The van der Waals surface area contributed by atoms with E-state index in [1.165, 1.54) is 6.42 Å². The highest BCUT2D eigenvalue weighted by molar-refractivity contribution is 7.09. The van der Waals surface area contributed by atoms with Crippen LogP contribution in [0.2, 0.25) is 0 Å². The fraction of sp³-hybridized carbons (Fsp3) is 0.733. The number of hydrogen-bond donors (Lipinski definition) is 2. The number of thiazole rings is 1. The van der Waals surface area contributed by atoms with Crippen molar-refractivity contribution in [1.29, 1.82) is 0 Å². The van der Waals surface area contributed by atoms with Crippen LogP contribution in [0.25, 0.3) is 0 Å². The van der Waals surface area contributed by atoms with Gasteiger partial charge in [-0.1, -0.05) is 26.2 Å². The Bertz CT molecular complexity index is 433. The molecule has 2 atom stereocenters. The van der Waals surface area contributed by atoms with Crippen molar-refractivity contribution >= 4 is 17.2 Å². The lowest BCUT2D eigenvalue weighted by Gasteiger charge is -2.24. The normalized spacial score (nSPS) is 23.3. The molecule has 5 heteroatoms. The second kappa shape index (κ2) is 7.74. The Hall–Kier alpha value is -0.940. The molecule has 1 saturated carbocycles. The molecule has 1 fully saturated rings. The zero-order chi connectivity index (χ0) is 14.4. The lowest BCUT2D eigenvalue weighted by Crippen LogP contribution is -2.41. The molecular formula is C15H24N2O2S. The molecule has 1 aromatic rings. The second-order valence-electron chi connectivity index (χ2n) is 5.52. The average molecular weight is 296 g/mol. The van der Waals surface area contributed by atoms with Crippen molar-refractivity contribution in [2.45, 2.75) is 57.9 Å². The van der Waals surface area contributed by atoms with Crippen LogP contribution in [0.1, 0.15) is 49.7 Å². The van der Waals surface area contributed by atoms with Gasteiger partial charge in [-0.3, -0.25) is 4.79 Å². The molecule has 2 unspecified atom stereocenters. The quantitative estimate of drug-likeness (QED) is 0.820. The molecule has 0 bridgehead atoms. The molecule has 20 heavy (non-hydrogen) atoms. The Morgan fingerprint density at radius 1 is 1.45 bits per heavy atom. The third kappa shape index (κ3) is 4.28. The zero-order valence-corrected chi connectivity index (χ0v) is 12.9. The number of aryl methyl sites for hydroxylation is 1. The Labute approximate surface area is 124 Å². The number of nitrogens with zero attached hydrogens (tertiary/aromatic N) is 1. The molecule has 0 saturated heterocycles. The Morgan fingerprint density at radius 2 is 2.25 bits per heavy atom. The summed E-state index contributed by atoms with van der Waals surface area (Å²) in [6.45, 7) is 2.24. The van der Waals surface area contributed by atoms with Crippen molar-refractivity contribution in [2.75, 3.05) is 6.61 Å². The maximum Gasteiger partial charge on any atom is 0.226 e. The summed E-state index contributed by atoms with van der Waals surface area (Å²) in [6, 6.07) is 0.124. The van der Waals surface area contributed by atoms with E-state index in [1.807, 2.05) is 5.38 Å². The van der Waals surface area contributed by atoms with Crippen LogP contribution >= 0.6 is 11.3 Å². The smallest absolute Gasteiger partial charge is 0.226 e. The van der Waals surface area contributed by atoms with E-state index in [1.54, 1.807) is 11.3 Å². The summed E-state index contributed by atoms with van der Waals surface area (Å²) in [5.41, 5.74) is 0.860. The molecule has 1 aromatic heterocycles. The highest BCUT2D eigenvalue weighted by Crippen LogP contribution is 2.23. The van der Waals surface area contributed by atoms with Gasteiger partial charge < -0.3 is 10.4 Å². The van der Waals surface area contributed by atoms with E-state index in [-0.39, 0.29) is 24.5 Å². The van der Waals surface area contributed by atoms with E-state index in [0.717, 1.165) is 42.8 Å². The van der Waals surface area contributed by atoms with E-state index in [4.69, 9.17) is 0 Å². The third-order valence-corrected chi connectivity index (χ3v) is 5.03. The predicted molar refractivity (Wildman–Crippen MR) is 80.8 cm³/mol. The van der Waals surface area contributed by atoms with Crippen molar-refractivity contribution in [3.63, 3.8) is 0 Å². The van der Waals surface area contributed by atoms with Crippen LogP contribution in [0.4, 0.5) is 0 Å². The molecule has 1 heterocycles. The van der Waals surface area contributed by atoms with Crippen LogP contribution in [0.5, 0.6) is 0 Å². The number of hydrogen-bond acceptors (Lipinski definition) is 4. The summed E-state index contributed by atoms with van der Waals surface area (Å²) in [4.78, 5) is 16.6. The van der Waals surface area contributed by atoms with Crippen LogP contribution < -0.4 is 5.32 Å². The number of nitrogens with one attached hydrogen (secondary N) is 1. The van der Waals surface area contributed by atoms with Gasteiger partial charge in [0.05, 0.1) is 17.1 Å². The third-order valence-electron chi connectivity index (χ3n) is 3.98. The molecule has 1 aliphatic carbocycles. The number of aliphatic hydroxyl groups is 1. The number of carbonyl (C=O) groups is 1. The predicted octanol–water partition coefficient (Wildman–Crippen LogP) is 2.31. The Morgan fingerprint density at radius 3 is 2.95 bits per heavy atom. The Balaban J connectivity index is 1.88. The van der Waals surface area contributed by atoms with Crippen molar-refractivity contribution in [3.05, 3.63) is 16.1 Å². The number of carbonyl (C=O) groups excluding carboxylic acids is 1. The number of amides is 1. The summed E-state index contributed by atoms with van der Waals surface area (Å²) >= 11 is 1.61. The van der Waals surface area contributed by atoms with Crippen molar-refractivity contribution < 1.29 is 9.90 Å². The zero-order valence-electron chi connectivity index (χ0n) is 12.1. The van der Waals surface area contributed by atoms with Gasteiger partial charge in [-0.15, -0.1) is 11.3 Å². The highest BCUT2D eigenvalue weighted by Gasteiger charge is 2.24. The molecular weight excluding hydrogens is 272 g/mol. The van der Waals surface area contributed by atoms with E-state index in [2.05, 4.69) is 17.2 Å². The minimum atomic E-state index is 0.0308. The van der Waals surface area contributed by atoms with Gasteiger partial charge in [0, 0.05) is 23.9 Å². The van der Waals surface area contributed by atoms with Crippen molar-refractivity contribution in [3.8, 4) is 0 Å². The Kier molecular flexibility index (Phi) is 5.98. The van der Waals surface area contributed by atoms with Gasteiger partial charge in [0.1, 0.15) is 0 Å². The van der Waals surface area contributed by atoms with Gasteiger partial charge in [0.2, 0.25) is 5.91 Å². The fourth-order valence-corrected chi connectivity index (χ4v) is 3.55. The molecule has 2 rings (SSSR count). The van der Waals surface area contributed by atoms with Crippen molar-refractivity contribution in [2.24, 2.45) is 5.92 Å². The highest BCUT2D eigenvalue weighted by atomic mass is 32.1. The van der Waals surface area contributed by atoms with E-state index < -0.39 is 0 Å². The number of aliphatic hydroxyl groups excluding tert-OH is 1. The SMILES string of the molecule is CCc1nc(CC(=O)NC2CCCCCC2CO)cs1. The molecule has 4 nitrogen and oxygen atoms in total. The summed E-state index contributed by atoms with van der Waals surface area (Å²) in [7, 11) is 0. The van der Waals surface area contributed by atoms with Gasteiger partial charge in [0.25, 0.3) is 0 Å². The van der Waals surface area contributed by atoms with Crippen LogP contribution in [0.3, 0.4) is 0 Å². The molecule has 0 aliphatic heterocycles. The summed E-state index contributed by atoms with van der Waals surface area (Å²) in [5, 5.41) is 15.6. The van der Waals surface area contributed by atoms with Gasteiger partial charge in [-0.2, -0.15) is 0 Å². The number of aromatic nitrogens is 1. The maximum absolute atomic E-state index is 12.1. The van der Waals surface area contributed by atoms with Crippen molar-refractivity contribution in [1.82, 2.24) is 10.3 Å². The lowest BCUT2D eigenvalue weighted by molar-refractivity contribution is -0.121. The summed E-state index contributed by atoms with van der Waals surface area (Å²) < 4.78 is 0. The second-order valence-corrected chi connectivity index (χ2v) is 6.46. The molecule has 0 aromatic carbocycles. The molecule has 2 N–H and O–H groups in total. The first-order valence-corrected chi connectivity index (χ1v) is 8.44. The summed E-state index contributed by atoms with van der Waals surface area (Å²) in [5.74, 6) is 0.242.